The number of amides is 1. The Hall–Kier alpha value is -4.23. The molecule has 10 heteroatoms. The maximum atomic E-state index is 14.4. The molecule has 3 aliphatic rings. The van der Waals surface area contributed by atoms with Crippen molar-refractivity contribution >= 4 is 28.2 Å². The van der Waals surface area contributed by atoms with Crippen LogP contribution in [0.15, 0.2) is 49.1 Å². The first kappa shape index (κ1) is 30.8. The van der Waals surface area contributed by atoms with Gasteiger partial charge in [-0.1, -0.05) is 36.9 Å². The van der Waals surface area contributed by atoms with Gasteiger partial charge in [0.25, 0.3) is 0 Å². The molecule has 1 saturated heterocycles. The summed E-state index contributed by atoms with van der Waals surface area (Å²) in [5.74, 6) is 0.656. The van der Waals surface area contributed by atoms with Crippen molar-refractivity contribution < 1.29 is 13.9 Å². The van der Waals surface area contributed by atoms with Crippen LogP contribution >= 0.6 is 0 Å². The predicted octanol–water partition coefficient (Wildman–Crippen LogP) is 4.82. The number of ether oxygens (including phenoxy) is 1. The number of aromatic nitrogens is 2. The zero-order chi connectivity index (χ0) is 31.7. The molecule has 0 spiro atoms. The third kappa shape index (κ3) is 6.59. The highest BCUT2D eigenvalue weighted by molar-refractivity contribution is 5.97. The number of hydrogen-bond donors (Lipinski definition) is 0. The number of fused-ring (bicyclic) bond motifs is 2. The summed E-state index contributed by atoms with van der Waals surface area (Å²) in [5.41, 5.74) is 3.35. The molecule has 2 aliphatic heterocycles. The number of anilines is 2. The number of carbonyl (C=O) groups is 1. The van der Waals surface area contributed by atoms with Crippen LogP contribution < -0.4 is 14.5 Å². The van der Waals surface area contributed by atoms with Gasteiger partial charge in [-0.2, -0.15) is 9.97 Å². The molecular weight excluding hydrogens is 569 g/mol. The van der Waals surface area contributed by atoms with E-state index in [2.05, 4.69) is 64.5 Å². The number of carbonyl (C=O) groups excluding carboxylic acids is 1. The number of hydrogen-bond acceptors (Lipinski definition) is 7. The molecule has 6 rings (SSSR count). The van der Waals surface area contributed by atoms with Gasteiger partial charge >= 0.3 is 6.01 Å². The van der Waals surface area contributed by atoms with Crippen molar-refractivity contribution in [2.75, 3.05) is 62.7 Å². The van der Waals surface area contributed by atoms with Crippen molar-refractivity contribution in [3.63, 3.8) is 0 Å². The van der Waals surface area contributed by atoms with E-state index < -0.39 is 5.67 Å². The lowest BCUT2D eigenvalue weighted by atomic mass is 9.99. The van der Waals surface area contributed by atoms with E-state index in [9.17, 15) is 9.18 Å². The van der Waals surface area contributed by atoms with E-state index in [1.54, 1.807) is 4.90 Å². The van der Waals surface area contributed by atoms with E-state index in [4.69, 9.17) is 21.3 Å². The van der Waals surface area contributed by atoms with Crippen molar-refractivity contribution in [3.8, 4) is 6.01 Å². The van der Waals surface area contributed by atoms with Gasteiger partial charge in [0.15, 0.2) is 0 Å². The lowest BCUT2D eigenvalue weighted by Gasteiger charge is -2.41. The Morgan fingerprint density at radius 2 is 2.00 bits per heavy atom. The molecule has 3 heterocycles. The van der Waals surface area contributed by atoms with Gasteiger partial charge in [-0.3, -0.25) is 9.69 Å². The molecule has 45 heavy (non-hydrogen) atoms. The monoisotopic (exact) mass is 611 g/mol. The molecular formula is C35H42FN7O2. The Bertz CT molecular complexity index is 1630. The summed E-state index contributed by atoms with van der Waals surface area (Å²) < 4.78 is 20.7. The van der Waals surface area contributed by atoms with Crippen LogP contribution in [-0.4, -0.2) is 96.4 Å². The first-order valence-electron chi connectivity index (χ1n) is 15.9. The second-order valence-corrected chi connectivity index (χ2v) is 12.8. The number of nitrogens with zero attached hydrogens (tertiary/aromatic N) is 7. The third-order valence-corrected chi connectivity index (χ3v) is 9.22. The zero-order valence-corrected chi connectivity index (χ0v) is 26.5. The van der Waals surface area contributed by atoms with Crippen LogP contribution in [0.3, 0.4) is 0 Å². The maximum Gasteiger partial charge on any atom is 0.318 e. The Morgan fingerprint density at radius 1 is 1.22 bits per heavy atom. The molecule has 2 fully saturated rings. The maximum absolute atomic E-state index is 14.4. The van der Waals surface area contributed by atoms with Crippen molar-refractivity contribution in [2.45, 2.75) is 57.5 Å². The Labute approximate surface area is 265 Å². The minimum absolute atomic E-state index is 0.155. The van der Waals surface area contributed by atoms with E-state index >= 15 is 0 Å². The van der Waals surface area contributed by atoms with Crippen LogP contribution in [0.5, 0.6) is 6.01 Å². The number of alkyl halides is 1. The summed E-state index contributed by atoms with van der Waals surface area (Å²) in [5, 5.41) is 2.46. The molecule has 1 amide bonds. The highest BCUT2D eigenvalue weighted by Crippen LogP contribution is 2.40. The number of aryl methyl sites for hydroxylation is 1. The van der Waals surface area contributed by atoms with E-state index in [1.807, 2.05) is 18.9 Å². The Morgan fingerprint density at radius 3 is 2.73 bits per heavy atom. The molecule has 236 valence electrons. The number of likely N-dealkylation sites (N-methyl/N-ethyl adjacent to an activating group) is 1. The van der Waals surface area contributed by atoms with Gasteiger partial charge in [0.2, 0.25) is 12.5 Å². The lowest BCUT2D eigenvalue weighted by molar-refractivity contribution is -0.128. The molecule has 2 aromatic carbocycles. The molecule has 1 saturated carbocycles. The summed E-state index contributed by atoms with van der Waals surface area (Å²) >= 11 is 0. The van der Waals surface area contributed by atoms with Crippen LogP contribution in [0.1, 0.15) is 36.6 Å². The topological polar surface area (TPSA) is 69.4 Å². The van der Waals surface area contributed by atoms with E-state index in [0.717, 1.165) is 30.0 Å². The zero-order valence-electron chi connectivity index (χ0n) is 26.5. The van der Waals surface area contributed by atoms with Gasteiger partial charge in [0.1, 0.15) is 23.6 Å². The molecule has 1 aromatic heterocycles. The fourth-order valence-electron chi connectivity index (χ4n) is 6.89. The highest BCUT2D eigenvalue weighted by atomic mass is 19.1. The Balaban J connectivity index is 1.31. The van der Waals surface area contributed by atoms with Crippen molar-refractivity contribution in [2.24, 2.45) is 0 Å². The number of rotatable bonds is 10. The van der Waals surface area contributed by atoms with Crippen LogP contribution in [0, 0.1) is 13.5 Å². The molecule has 1 aliphatic carbocycles. The minimum Gasteiger partial charge on any atom is -0.459 e. The fourth-order valence-corrected chi connectivity index (χ4v) is 6.89. The molecule has 3 aromatic rings. The van der Waals surface area contributed by atoms with Crippen molar-refractivity contribution in [1.29, 1.82) is 0 Å². The van der Waals surface area contributed by atoms with Gasteiger partial charge in [0, 0.05) is 55.9 Å². The lowest BCUT2D eigenvalue weighted by Crippen LogP contribution is -2.56. The second-order valence-electron chi connectivity index (χ2n) is 12.8. The Kier molecular flexibility index (Phi) is 8.65. The van der Waals surface area contributed by atoms with Gasteiger partial charge < -0.3 is 24.3 Å². The van der Waals surface area contributed by atoms with Crippen LogP contribution in [-0.2, 0) is 17.8 Å². The third-order valence-electron chi connectivity index (χ3n) is 9.22. The normalized spacial score (nSPS) is 19.6. The van der Waals surface area contributed by atoms with Gasteiger partial charge in [0.05, 0.1) is 12.2 Å². The molecule has 0 bridgehead atoms. The molecule has 2 atom stereocenters. The molecule has 0 unspecified atom stereocenters. The standard InChI is InChI=1S/C35H42FN7O2/c1-6-31(44)43-18-17-42(21-27(43)19-37-4)33-28-13-16-41(30-12-8-11-26-10-7-9-24(2)32(26)30)22-29(28)38-34(39-33)45-25(3)20-40(5)23-35(36)14-15-35/h6-12,25,27H,1,13-23H2,2-3,5H3/t25-,27+/m1/s1. The number of halogens is 1. The summed E-state index contributed by atoms with van der Waals surface area (Å²) in [4.78, 5) is 34.4. The summed E-state index contributed by atoms with van der Waals surface area (Å²) in [6, 6.07) is 12.9. The molecule has 0 radical (unpaired) electrons. The van der Waals surface area contributed by atoms with Gasteiger partial charge in [-0.05, 0) is 63.2 Å². The largest absolute Gasteiger partial charge is 0.459 e. The number of benzene rings is 2. The van der Waals surface area contributed by atoms with E-state index in [-0.39, 0.29) is 24.6 Å². The summed E-state index contributed by atoms with van der Waals surface area (Å²) in [6.07, 6.45) is 3.07. The predicted molar refractivity (Wildman–Crippen MR) is 176 cm³/mol. The van der Waals surface area contributed by atoms with Gasteiger partial charge in [-0.25, -0.2) is 11.0 Å². The van der Waals surface area contributed by atoms with Gasteiger partial charge in [-0.15, -0.1) is 0 Å². The molecule has 9 nitrogen and oxygen atoms in total. The molecule has 0 N–H and O–H groups in total. The number of piperazine rings is 1. The minimum atomic E-state index is -1.07. The second kappa shape index (κ2) is 12.6. The summed E-state index contributed by atoms with van der Waals surface area (Å²) in [7, 11) is 1.92. The van der Waals surface area contributed by atoms with Crippen LogP contribution in [0.4, 0.5) is 15.9 Å². The SMILES string of the molecule is [C-]#[N+]C[C@H]1CN(c2nc(O[C@H](C)CN(C)CC3(F)CC3)nc3c2CCN(c2cccc4cccc(C)c24)C3)CCN1C(=O)C=C. The smallest absolute Gasteiger partial charge is 0.318 e. The van der Waals surface area contributed by atoms with E-state index in [0.29, 0.717) is 58.1 Å². The first-order chi connectivity index (χ1) is 21.7. The summed E-state index contributed by atoms with van der Waals surface area (Å²) in [6.45, 7) is 19.4. The first-order valence-corrected chi connectivity index (χ1v) is 15.9. The van der Waals surface area contributed by atoms with Crippen molar-refractivity contribution in [3.05, 3.63) is 77.3 Å². The van der Waals surface area contributed by atoms with Crippen molar-refractivity contribution in [1.82, 2.24) is 19.8 Å². The fraction of sp³-hybridized carbons (Fsp3) is 0.486. The average molecular weight is 612 g/mol. The van der Waals surface area contributed by atoms with E-state index in [1.165, 1.54) is 28.1 Å². The quantitative estimate of drug-likeness (QED) is 0.241. The van der Waals surface area contributed by atoms with Crippen LogP contribution in [0.25, 0.3) is 15.6 Å². The average Bonchev–Trinajstić information content (AvgIpc) is 3.75. The van der Waals surface area contributed by atoms with Crippen LogP contribution in [0.2, 0.25) is 0 Å². The highest BCUT2D eigenvalue weighted by Gasteiger charge is 2.44.